The van der Waals surface area contributed by atoms with Gasteiger partial charge in [-0.15, -0.1) is 15.3 Å². The van der Waals surface area contributed by atoms with Crippen molar-refractivity contribution in [2.45, 2.75) is 6.92 Å². The van der Waals surface area contributed by atoms with Crippen LogP contribution in [0, 0.1) is 6.92 Å². The molecule has 2 aromatic heterocycles. The summed E-state index contributed by atoms with van der Waals surface area (Å²) in [7, 11) is 1.64. The first-order valence-corrected chi connectivity index (χ1v) is 8.25. The molecular weight excluding hydrogens is 322 g/mol. The monoisotopic (exact) mass is 337 g/mol. The van der Waals surface area contributed by atoms with Crippen molar-refractivity contribution in [1.82, 2.24) is 19.8 Å². The maximum atomic E-state index is 5.41. The van der Waals surface area contributed by atoms with Gasteiger partial charge in [-0.3, -0.25) is 0 Å². The van der Waals surface area contributed by atoms with Crippen molar-refractivity contribution in [3.63, 3.8) is 0 Å². The average Bonchev–Trinajstić information content (AvgIpc) is 3.17. The first-order chi connectivity index (χ1) is 11.7. The number of ether oxygens (including phenoxy) is 1. The molecule has 1 N–H and O–H groups in total. The first kappa shape index (κ1) is 14.6. The molecule has 0 aliphatic carbocycles. The first-order valence-electron chi connectivity index (χ1n) is 7.44. The molecule has 24 heavy (non-hydrogen) atoms. The Labute approximate surface area is 142 Å². The van der Waals surface area contributed by atoms with E-state index in [1.54, 1.807) is 11.6 Å². The summed E-state index contributed by atoms with van der Waals surface area (Å²) in [6.45, 7) is 2.06. The number of hydrogen-bond acceptors (Lipinski definition) is 6. The topological polar surface area (TPSA) is 64.3 Å². The van der Waals surface area contributed by atoms with Gasteiger partial charge in [0.1, 0.15) is 5.75 Å². The van der Waals surface area contributed by atoms with Crippen LogP contribution in [-0.4, -0.2) is 26.9 Å². The van der Waals surface area contributed by atoms with Crippen LogP contribution >= 0.6 is 11.3 Å². The summed E-state index contributed by atoms with van der Waals surface area (Å²) < 4.78 is 7.15. The second-order valence-electron chi connectivity index (χ2n) is 5.32. The van der Waals surface area contributed by atoms with Gasteiger partial charge in [-0.25, -0.2) is 0 Å². The van der Waals surface area contributed by atoms with Crippen LogP contribution in [0.5, 0.6) is 5.75 Å². The SMILES string of the molecule is COc1ccccc1-c1nnc2sc(Nc3ccc(C)cc3)nn12. The number of aromatic nitrogens is 4. The van der Waals surface area contributed by atoms with Gasteiger partial charge in [-0.1, -0.05) is 41.2 Å². The maximum Gasteiger partial charge on any atom is 0.236 e. The summed E-state index contributed by atoms with van der Waals surface area (Å²) in [5.74, 6) is 1.41. The van der Waals surface area contributed by atoms with Crippen LogP contribution in [0.2, 0.25) is 0 Å². The quantitative estimate of drug-likeness (QED) is 0.611. The Balaban J connectivity index is 1.72. The minimum absolute atomic E-state index is 0.663. The zero-order chi connectivity index (χ0) is 16.5. The molecule has 0 radical (unpaired) electrons. The number of aryl methyl sites for hydroxylation is 1. The van der Waals surface area contributed by atoms with Crippen molar-refractivity contribution in [3.05, 3.63) is 54.1 Å². The number of methoxy groups -OCH3 is 1. The molecule has 7 heteroatoms. The molecule has 0 amide bonds. The van der Waals surface area contributed by atoms with Gasteiger partial charge in [0.2, 0.25) is 10.1 Å². The lowest BCUT2D eigenvalue weighted by atomic mass is 10.2. The molecule has 0 spiro atoms. The molecule has 2 heterocycles. The number of hydrogen-bond donors (Lipinski definition) is 1. The van der Waals surface area contributed by atoms with E-state index >= 15 is 0 Å². The Morgan fingerprint density at radius 1 is 1.04 bits per heavy atom. The fourth-order valence-electron chi connectivity index (χ4n) is 2.43. The second kappa shape index (κ2) is 5.93. The third kappa shape index (κ3) is 2.59. The lowest BCUT2D eigenvalue weighted by Crippen LogP contribution is -1.95. The van der Waals surface area contributed by atoms with Gasteiger partial charge in [0.05, 0.1) is 12.7 Å². The Kier molecular flexibility index (Phi) is 3.62. The van der Waals surface area contributed by atoms with E-state index in [4.69, 9.17) is 4.74 Å². The van der Waals surface area contributed by atoms with E-state index < -0.39 is 0 Å². The summed E-state index contributed by atoms with van der Waals surface area (Å²) in [6, 6.07) is 15.9. The summed E-state index contributed by atoms with van der Waals surface area (Å²) in [6.07, 6.45) is 0. The predicted molar refractivity (Wildman–Crippen MR) is 95.1 cm³/mol. The van der Waals surface area contributed by atoms with Gasteiger partial charge in [0.15, 0.2) is 5.82 Å². The summed E-state index contributed by atoms with van der Waals surface area (Å²) in [4.78, 5) is 0.727. The third-order valence-electron chi connectivity index (χ3n) is 3.64. The van der Waals surface area contributed by atoms with Crippen LogP contribution in [0.3, 0.4) is 0 Å². The zero-order valence-corrected chi connectivity index (χ0v) is 14.0. The second-order valence-corrected chi connectivity index (χ2v) is 6.27. The van der Waals surface area contributed by atoms with Gasteiger partial charge in [-0.05, 0) is 31.2 Å². The minimum Gasteiger partial charge on any atom is -0.496 e. The number of fused-ring (bicyclic) bond motifs is 1. The van der Waals surface area contributed by atoms with Crippen LogP contribution in [0.25, 0.3) is 16.3 Å². The largest absolute Gasteiger partial charge is 0.496 e. The van der Waals surface area contributed by atoms with Gasteiger partial charge in [-0.2, -0.15) is 4.52 Å². The molecule has 4 rings (SSSR count). The molecule has 4 aromatic rings. The number of nitrogens with one attached hydrogen (secondary N) is 1. The van der Waals surface area contributed by atoms with Crippen LogP contribution in [0.15, 0.2) is 48.5 Å². The molecule has 0 bridgehead atoms. The fourth-order valence-corrected chi connectivity index (χ4v) is 3.18. The molecular formula is C17H15N5OS. The van der Waals surface area contributed by atoms with Crippen molar-refractivity contribution < 1.29 is 4.74 Å². The van der Waals surface area contributed by atoms with E-state index in [1.165, 1.54) is 16.9 Å². The van der Waals surface area contributed by atoms with Crippen LogP contribution in [-0.2, 0) is 0 Å². The van der Waals surface area contributed by atoms with E-state index in [2.05, 4.69) is 39.7 Å². The fraction of sp³-hybridized carbons (Fsp3) is 0.118. The number of rotatable bonds is 4. The Morgan fingerprint density at radius 3 is 2.62 bits per heavy atom. The van der Waals surface area contributed by atoms with Crippen molar-refractivity contribution in [3.8, 4) is 17.1 Å². The number of benzene rings is 2. The molecule has 0 saturated heterocycles. The average molecular weight is 337 g/mol. The lowest BCUT2D eigenvalue weighted by molar-refractivity contribution is 0.416. The highest BCUT2D eigenvalue weighted by Gasteiger charge is 2.16. The highest BCUT2D eigenvalue weighted by Crippen LogP contribution is 2.31. The standard InChI is InChI=1S/C17H15N5OS/c1-11-7-9-12(10-8-11)18-16-21-22-15(19-20-17(22)24-16)13-5-3-4-6-14(13)23-2/h3-10H,1-2H3,(H,18,21). The van der Waals surface area contributed by atoms with Gasteiger partial charge < -0.3 is 10.1 Å². The Hall–Kier alpha value is -2.93. The number of nitrogens with zero attached hydrogens (tertiary/aromatic N) is 4. The Bertz CT molecular complexity index is 990. The smallest absolute Gasteiger partial charge is 0.236 e. The third-order valence-corrected chi connectivity index (χ3v) is 4.46. The highest BCUT2D eigenvalue weighted by atomic mass is 32.1. The zero-order valence-electron chi connectivity index (χ0n) is 13.2. The molecule has 0 saturated carbocycles. The van der Waals surface area contributed by atoms with Crippen molar-refractivity contribution in [2.24, 2.45) is 0 Å². The van der Waals surface area contributed by atoms with Crippen LogP contribution in [0.1, 0.15) is 5.56 Å². The van der Waals surface area contributed by atoms with Gasteiger partial charge >= 0.3 is 0 Å². The normalized spacial score (nSPS) is 10.9. The van der Waals surface area contributed by atoms with E-state index in [1.807, 2.05) is 36.4 Å². The lowest BCUT2D eigenvalue weighted by Gasteiger charge is -2.05. The Morgan fingerprint density at radius 2 is 1.83 bits per heavy atom. The molecule has 0 aliphatic heterocycles. The predicted octanol–water partition coefficient (Wildman–Crippen LogP) is 3.91. The van der Waals surface area contributed by atoms with Gasteiger partial charge in [0.25, 0.3) is 0 Å². The number of para-hydroxylation sites is 1. The van der Waals surface area contributed by atoms with Crippen molar-refractivity contribution in [2.75, 3.05) is 12.4 Å². The summed E-state index contributed by atoms with van der Waals surface area (Å²) in [5.41, 5.74) is 3.07. The molecule has 0 atom stereocenters. The molecule has 0 fully saturated rings. The van der Waals surface area contributed by atoms with E-state index in [0.29, 0.717) is 5.82 Å². The number of anilines is 2. The summed E-state index contributed by atoms with van der Waals surface area (Å²) in [5, 5.41) is 17.1. The van der Waals surface area contributed by atoms with E-state index in [0.717, 1.165) is 27.1 Å². The molecule has 6 nitrogen and oxygen atoms in total. The van der Waals surface area contributed by atoms with Crippen molar-refractivity contribution in [1.29, 1.82) is 0 Å². The maximum absolute atomic E-state index is 5.41. The molecule has 0 unspecified atom stereocenters. The summed E-state index contributed by atoms with van der Waals surface area (Å²) >= 11 is 1.45. The molecule has 120 valence electrons. The van der Waals surface area contributed by atoms with E-state index in [9.17, 15) is 0 Å². The van der Waals surface area contributed by atoms with Gasteiger partial charge in [0, 0.05) is 5.69 Å². The minimum atomic E-state index is 0.663. The van der Waals surface area contributed by atoms with Crippen molar-refractivity contribution >= 4 is 27.1 Å². The molecule has 2 aromatic carbocycles. The van der Waals surface area contributed by atoms with E-state index in [-0.39, 0.29) is 0 Å². The molecule has 0 aliphatic rings. The van der Waals surface area contributed by atoms with Crippen LogP contribution < -0.4 is 10.1 Å². The van der Waals surface area contributed by atoms with Crippen LogP contribution in [0.4, 0.5) is 10.8 Å². The highest BCUT2D eigenvalue weighted by molar-refractivity contribution is 7.20.